The lowest BCUT2D eigenvalue weighted by Gasteiger charge is -2.09. The maximum Gasteiger partial charge on any atom is 0.305 e. The van der Waals surface area contributed by atoms with Gasteiger partial charge < -0.3 is 10.1 Å². The molecule has 0 saturated carbocycles. The Balaban J connectivity index is 1.74. The first-order chi connectivity index (χ1) is 11.8. The third-order valence-electron chi connectivity index (χ3n) is 5.11. The molecule has 24 heavy (non-hydrogen) atoms. The van der Waals surface area contributed by atoms with E-state index in [1.807, 2.05) is 0 Å². The first kappa shape index (κ1) is 21.5. The van der Waals surface area contributed by atoms with Crippen LogP contribution in [-0.2, 0) is 9.53 Å². The lowest BCUT2D eigenvalue weighted by Crippen LogP contribution is -2.20. The van der Waals surface area contributed by atoms with Gasteiger partial charge in [-0.3, -0.25) is 4.79 Å². The standard InChI is InChI=1S/C21H41NO2/c1-2-3-4-5-6-7-8-9-10-13-19-24-21(23)17-12-11-15-20-16-14-18-22-20/h20,22H,2-19H2,1H3/t20-/m1/s1. The number of carbonyl (C=O) groups is 1. The number of nitrogens with one attached hydrogen (secondary N) is 1. The average molecular weight is 340 g/mol. The van der Waals surface area contributed by atoms with E-state index in [4.69, 9.17) is 4.74 Å². The quantitative estimate of drug-likeness (QED) is 0.287. The first-order valence-corrected chi connectivity index (χ1v) is 10.7. The predicted octanol–water partition coefficient (Wildman–Crippen LogP) is 5.76. The number of carbonyl (C=O) groups excluding carboxylic acids is 1. The van der Waals surface area contributed by atoms with Crippen molar-refractivity contribution in [2.75, 3.05) is 13.2 Å². The zero-order valence-corrected chi connectivity index (χ0v) is 16.1. The van der Waals surface area contributed by atoms with Crippen LogP contribution < -0.4 is 5.32 Å². The van der Waals surface area contributed by atoms with Gasteiger partial charge in [-0.25, -0.2) is 0 Å². The summed E-state index contributed by atoms with van der Waals surface area (Å²) in [6, 6.07) is 0.702. The van der Waals surface area contributed by atoms with Gasteiger partial charge in [0.05, 0.1) is 6.61 Å². The molecule has 3 nitrogen and oxygen atoms in total. The molecule has 0 spiro atoms. The molecule has 1 fully saturated rings. The summed E-state index contributed by atoms with van der Waals surface area (Å²) >= 11 is 0. The largest absolute Gasteiger partial charge is 0.466 e. The van der Waals surface area contributed by atoms with Crippen LogP contribution in [0.4, 0.5) is 0 Å². The highest BCUT2D eigenvalue weighted by atomic mass is 16.5. The molecule has 1 saturated heterocycles. The second kappa shape index (κ2) is 15.9. The summed E-state index contributed by atoms with van der Waals surface area (Å²) < 4.78 is 5.33. The van der Waals surface area contributed by atoms with E-state index in [1.54, 1.807) is 0 Å². The van der Waals surface area contributed by atoms with Crippen LogP contribution in [0, 0.1) is 0 Å². The van der Waals surface area contributed by atoms with Gasteiger partial charge in [0.25, 0.3) is 0 Å². The van der Waals surface area contributed by atoms with Crippen molar-refractivity contribution in [3.8, 4) is 0 Å². The van der Waals surface area contributed by atoms with Gasteiger partial charge in [0, 0.05) is 12.5 Å². The van der Waals surface area contributed by atoms with Crippen LogP contribution in [0.1, 0.15) is 110 Å². The van der Waals surface area contributed by atoms with Gasteiger partial charge in [-0.15, -0.1) is 0 Å². The molecule has 1 atom stereocenters. The Bertz CT molecular complexity index is 288. The van der Waals surface area contributed by atoms with E-state index in [0.29, 0.717) is 19.1 Å². The highest BCUT2D eigenvalue weighted by Crippen LogP contribution is 2.13. The molecule has 0 radical (unpaired) electrons. The van der Waals surface area contributed by atoms with Crippen molar-refractivity contribution in [1.82, 2.24) is 5.32 Å². The Morgan fingerprint density at radius 1 is 0.917 bits per heavy atom. The fourth-order valence-corrected chi connectivity index (χ4v) is 3.51. The zero-order chi connectivity index (χ0) is 17.3. The summed E-state index contributed by atoms with van der Waals surface area (Å²) in [7, 11) is 0. The Morgan fingerprint density at radius 2 is 1.58 bits per heavy atom. The molecule has 1 rings (SSSR count). The van der Waals surface area contributed by atoms with Gasteiger partial charge in [0.2, 0.25) is 0 Å². The van der Waals surface area contributed by atoms with Crippen LogP contribution in [0.15, 0.2) is 0 Å². The summed E-state index contributed by atoms with van der Waals surface area (Å²) in [4.78, 5) is 11.7. The van der Waals surface area contributed by atoms with Gasteiger partial charge in [-0.2, -0.15) is 0 Å². The maximum atomic E-state index is 11.7. The summed E-state index contributed by atoms with van der Waals surface area (Å²) in [5, 5.41) is 3.50. The van der Waals surface area contributed by atoms with E-state index >= 15 is 0 Å². The Hall–Kier alpha value is -0.570. The van der Waals surface area contributed by atoms with Crippen molar-refractivity contribution in [2.24, 2.45) is 0 Å². The van der Waals surface area contributed by atoms with E-state index in [9.17, 15) is 4.79 Å². The molecule has 1 heterocycles. The number of hydrogen-bond donors (Lipinski definition) is 1. The maximum absolute atomic E-state index is 11.7. The number of hydrogen-bond acceptors (Lipinski definition) is 3. The predicted molar refractivity (Wildman–Crippen MR) is 102 cm³/mol. The summed E-state index contributed by atoms with van der Waals surface area (Å²) in [5.41, 5.74) is 0. The van der Waals surface area contributed by atoms with E-state index in [0.717, 1.165) is 19.3 Å². The van der Waals surface area contributed by atoms with E-state index in [-0.39, 0.29) is 5.97 Å². The van der Waals surface area contributed by atoms with Gasteiger partial charge in [0.15, 0.2) is 0 Å². The smallest absolute Gasteiger partial charge is 0.305 e. The topological polar surface area (TPSA) is 38.3 Å². The van der Waals surface area contributed by atoms with Crippen LogP contribution >= 0.6 is 0 Å². The molecule has 0 unspecified atom stereocenters. The van der Waals surface area contributed by atoms with Crippen molar-refractivity contribution < 1.29 is 9.53 Å². The molecule has 142 valence electrons. The Kier molecular flexibility index (Phi) is 14.3. The van der Waals surface area contributed by atoms with Crippen LogP contribution in [-0.4, -0.2) is 25.2 Å². The minimum atomic E-state index is 0.00491. The van der Waals surface area contributed by atoms with Crippen LogP contribution in [0.2, 0.25) is 0 Å². The second-order valence-electron chi connectivity index (χ2n) is 7.44. The lowest BCUT2D eigenvalue weighted by atomic mass is 10.1. The van der Waals surface area contributed by atoms with Crippen LogP contribution in [0.3, 0.4) is 0 Å². The summed E-state index contributed by atoms with van der Waals surface area (Å²) in [6.07, 6.45) is 19.7. The number of ether oxygens (including phenoxy) is 1. The number of rotatable bonds is 16. The van der Waals surface area contributed by atoms with Crippen molar-refractivity contribution in [3.05, 3.63) is 0 Å². The fraction of sp³-hybridized carbons (Fsp3) is 0.952. The normalized spacial score (nSPS) is 17.3. The lowest BCUT2D eigenvalue weighted by molar-refractivity contribution is -0.143. The monoisotopic (exact) mass is 339 g/mol. The van der Waals surface area contributed by atoms with E-state index in [2.05, 4.69) is 12.2 Å². The molecule has 0 aromatic rings. The highest BCUT2D eigenvalue weighted by molar-refractivity contribution is 5.69. The van der Waals surface area contributed by atoms with Crippen LogP contribution in [0.25, 0.3) is 0 Å². The Labute approximate surface area is 150 Å². The van der Waals surface area contributed by atoms with Gasteiger partial charge >= 0.3 is 5.97 Å². The number of esters is 1. The Morgan fingerprint density at radius 3 is 2.21 bits per heavy atom. The third kappa shape index (κ3) is 12.8. The van der Waals surface area contributed by atoms with Crippen molar-refractivity contribution >= 4 is 5.97 Å². The molecule has 1 N–H and O–H groups in total. The average Bonchev–Trinajstić information content (AvgIpc) is 3.10. The molecule has 1 aliphatic heterocycles. The molecular formula is C21H41NO2. The molecule has 3 heteroatoms. The van der Waals surface area contributed by atoms with E-state index < -0.39 is 0 Å². The fourth-order valence-electron chi connectivity index (χ4n) is 3.51. The van der Waals surface area contributed by atoms with Gasteiger partial charge in [-0.1, -0.05) is 71.1 Å². The van der Waals surface area contributed by atoms with Gasteiger partial charge in [-0.05, 0) is 38.6 Å². The highest BCUT2D eigenvalue weighted by Gasteiger charge is 2.13. The second-order valence-corrected chi connectivity index (χ2v) is 7.44. The molecule has 0 aliphatic carbocycles. The van der Waals surface area contributed by atoms with Crippen molar-refractivity contribution in [2.45, 2.75) is 116 Å². The molecule has 0 aromatic carbocycles. The first-order valence-electron chi connectivity index (χ1n) is 10.7. The minimum absolute atomic E-state index is 0.00491. The third-order valence-corrected chi connectivity index (χ3v) is 5.11. The molecule has 1 aliphatic rings. The van der Waals surface area contributed by atoms with E-state index in [1.165, 1.54) is 83.6 Å². The zero-order valence-electron chi connectivity index (χ0n) is 16.1. The number of unbranched alkanes of at least 4 members (excludes halogenated alkanes) is 10. The molecule has 0 amide bonds. The summed E-state index contributed by atoms with van der Waals surface area (Å²) in [5.74, 6) is 0.00491. The molecular weight excluding hydrogens is 298 g/mol. The molecule has 0 bridgehead atoms. The van der Waals surface area contributed by atoms with Crippen molar-refractivity contribution in [3.63, 3.8) is 0 Å². The minimum Gasteiger partial charge on any atom is -0.466 e. The van der Waals surface area contributed by atoms with Crippen molar-refractivity contribution in [1.29, 1.82) is 0 Å². The molecule has 0 aromatic heterocycles. The summed E-state index contributed by atoms with van der Waals surface area (Å²) in [6.45, 7) is 4.06. The SMILES string of the molecule is CCCCCCCCCCCCOC(=O)CCCC[C@@H]1CCCN1. The van der Waals surface area contributed by atoms with Gasteiger partial charge in [0.1, 0.15) is 0 Å². The van der Waals surface area contributed by atoms with Crippen LogP contribution in [0.5, 0.6) is 0 Å².